The van der Waals surface area contributed by atoms with Crippen LogP contribution in [0.2, 0.25) is 0 Å². The molecule has 42 valence electrons. The standard InChI is InChI=1S/H3N.H4O4Si.Zn/c;1-5(2,3)4;/h1H3;1-4H;. The summed E-state index contributed by atoms with van der Waals surface area (Å²) < 4.78 is 0. The van der Waals surface area contributed by atoms with Crippen LogP contribution in [0.4, 0.5) is 0 Å². The Morgan fingerprint density at radius 3 is 0.857 bits per heavy atom. The molecule has 0 fully saturated rings. The first-order valence-electron chi connectivity index (χ1n) is 0.894. The number of rotatable bonds is 0. The molecule has 0 aromatic heterocycles. The van der Waals surface area contributed by atoms with Crippen LogP contribution < -0.4 is 6.15 Å². The number of hydrogen-bond donors (Lipinski definition) is 5. The van der Waals surface area contributed by atoms with E-state index in [4.69, 9.17) is 19.2 Å². The van der Waals surface area contributed by atoms with Crippen molar-refractivity contribution in [2.24, 2.45) is 0 Å². The van der Waals surface area contributed by atoms with Crippen LogP contribution in [0, 0.1) is 0 Å². The van der Waals surface area contributed by atoms with Crippen LogP contribution in [0.25, 0.3) is 0 Å². The smallest absolute Gasteiger partial charge is 0.368 e. The molecule has 0 aromatic rings. The summed E-state index contributed by atoms with van der Waals surface area (Å²) in [5, 5.41) is 0. The summed E-state index contributed by atoms with van der Waals surface area (Å²) in [5.74, 6) is 0. The molecule has 0 atom stereocenters. The van der Waals surface area contributed by atoms with Gasteiger partial charge in [0.1, 0.15) is 0 Å². The van der Waals surface area contributed by atoms with Crippen LogP contribution in [0.1, 0.15) is 0 Å². The topological polar surface area (TPSA) is 116 Å². The molecule has 0 aliphatic rings. The SMILES string of the molecule is N.O[Si](O)(O)O.[Zn]. The van der Waals surface area contributed by atoms with Crippen molar-refractivity contribution >= 4 is 9.05 Å². The molecule has 0 aliphatic carbocycles. The monoisotopic (exact) mass is 177 g/mol. The molecule has 0 rings (SSSR count). The van der Waals surface area contributed by atoms with Gasteiger partial charge in [-0.3, -0.25) is 0 Å². The third-order valence-corrected chi connectivity index (χ3v) is 0. The van der Waals surface area contributed by atoms with Crippen LogP contribution in [-0.4, -0.2) is 28.2 Å². The van der Waals surface area contributed by atoms with Gasteiger partial charge in [0.2, 0.25) is 0 Å². The van der Waals surface area contributed by atoms with E-state index in [1.807, 2.05) is 0 Å². The van der Waals surface area contributed by atoms with E-state index in [1.165, 1.54) is 0 Å². The van der Waals surface area contributed by atoms with Crippen LogP contribution in [0.5, 0.6) is 0 Å². The molecular weight excluding hydrogens is 171 g/mol. The minimum Gasteiger partial charge on any atom is -0.368 e. The maximum Gasteiger partial charge on any atom is 0.668 e. The molecule has 0 heterocycles. The predicted molar refractivity (Wildman–Crippen MR) is 19.7 cm³/mol. The van der Waals surface area contributed by atoms with E-state index in [1.54, 1.807) is 0 Å². The normalized spacial score (nSPS) is 8.57. The quantitative estimate of drug-likeness (QED) is 0.264. The van der Waals surface area contributed by atoms with E-state index in [9.17, 15) is 0 Å². The van der Waals surface area contributed by atoms with Gasteiger partial charge in [0.25, 0.3) is 0 Å². The van der Waals surface area contributed by atoms with Gasteiger partial charge in [-0.15, -0.1) is 0 Å². The first-order valence-corrected chi connectivity index (χ1v) is 2.68. The Balaban J connectivity index is -0.0000000800. The summed E-state index contributed by atoms with van der Waals surface area (Å²) in [6, 6.07) is 0. The van der Waals surface area contributed by atoms with E-state index in [0.29, 0.717) is 0 Å². The molecule has 0 amide bonds. The van der Waals surface area contributed by atoms with E-state index >= 15 is 0 Å². The molecule has 0 saturated heterocycles. The van der Waals surface area contributed by atoms with Gasteiger partial charge in [-0.2, -0.15) is 0 Å². The summed E-state index contributed by atoms with van der Waals surface area (Å²) in [6.07, 6.45) is 0. The Kier molecular flexibility index (Phi) is 10.7. The third kappa shape index (κ3) is 349. The van der Waals surface area contributed by atoms with Gasteiger partial charge in [-0.25, -0.2) is 0 Å². The van der Waals surface area contributed by atoms with Gasteiger partial charge >= 0.3 is 9.05 Å². The predicted octanol–water partition coefficient (Wildman–Crippen LogP) is -2.45. The molecule has 0 spiro atoms. The second kappa shape index (κ2) is 4.79. The zero-order valence-electron chi connectivity index (χ0n) is 3.70. The molecule has 0 saturated carbocycles. The van der Waals surface area contributed by atoms with Crippen molar-refractivity contribution in [3.8, 4) is 0 Å². The molecule has 7 N–H and O–H groups in total. The summed E-state index contributed by atoms with van der Waals surface area (Å²) in [7, 11) is -4.61. The van der Waals surface area contributed by atoms with Crippen molar-refractivity contribution < 1.29 is 38.7 Å². The van der Waals surface area contributed by atoms with Crippen LogP contribution in [-0.2, 0) is 19.5 Å². The van der Waals surface area contributed by atoms with Crippen molar-refractivity contribution in [2.45, 2.75) is 0 Å². The summed E-state index contributed by atoms with van der Waals surface area (Å²) in [6.45, 7) is 0. The fraction of sp³-hybridized carbons (Fsp3) is 0. The van der Waals surface area contributed by atoms with Crippen LogP contribution in [0.3, 0.4) is 0 Å². The molecule has 0 unspecified atom stereocenters. The second-order valence-corrected chi connectivity index (χ2v) is 1.80. The Morgan fingerprint density at radius 1 is 0.857 bits per heavy atom. The van der Waals surface area contributed by atoms with E-state index in [-0.39, 0.29) is 25.6 Å². The minimum absolute atomic E-state index is 0. The van der Waals surface area contributed by atoms with E-state index < -0.39 is 9.05 Å². The average molecular weight is 179 g/mol. The van der Waals surface area contributed by atoms with Gasteiger partial charge in [-0.1, -0.05) is 0 Å². The maximum atomic E-state index is 7.33. The van der Waals surface area contributed by atoms with Gasteiger partial charge < -0.3 is 25.3 Å². The van der Waals surface area contributed by atoms with Crippen LogP contribution >= 0.6 is 0 Å². The van der Waals surface area contributed by atoms with Crippen molar-refractivity contribution in [2.75, 3.05) is 0 Å². The molecular formula is H7NO4SiZn. The van der Waals surface area contributed by atoms with E-state index in [2.05, 4.69) is 0 Å². The molecule has 7 heavy (non-hydrogen) atoms. The largest absolute Gasteiger partial charge is 0.668 e. The van der Waals surface area contributed by atoms with Gasteiger partial charge in [0.15, 0.2) is 0 Å². The Bertz CT molecular complexity index is 27.2. The zero-order valence-corrected chi connectivity index (χ0v) is 7.67. The van der Waals surface area contributed by atoms with Crippen molar-refractivity contribution in [3.05, 3.63) is 0 Å². The average Bonchev–Trinajstić information content (AvgIpc) is 0.722. The van der Waals surface area contributed by atoms with Crippen LogP contribution in [0.15, 0.2) is 0 Å². The van der Waals surface area contributed by atoms with Crippen molar-refractivity contribution in [1.29, 1.82) is 0 Å². The Hall–Kier alpha value is 0.640. The molecule has 0 bridgehead atoms. The van der Waals surface area contributed by atoms with Crippen molar-refractivity contribution in [3.63, 3.8) is 0 Å². The molecule has 7 heteroatoms. The molecule has 0 aromatic carbocycles. The Labute approximate surface area is 54.4 Å². The fourth-order valence-electron chi connectivity index (χ4n) is 0. The summed E-state index contributed by atoms with van der Waals surface area (Å²) >= 11 is 0. The molecule has 0 aliphatic heterocycles. The van der Waals surface area contributed by atoms with Gasteiger partial charge in [0, 0.05) is 19.5 Å². The molecule has 5 nitrogen and oxygen atoms in total. The van der Waals surface area contributed by atoms with Gasteiger partial charge in [0.05, 0.1) is 0 Å². The second-order valence-electron chi connectivity index (χ2n) is 0.600. The third-order valence-electron chi connectivity index (χ3n) is 0. The fourth-order valence-corrected chi connectivity index (χ4v) is 0. The summed E-state index contributed by atoms with van der Waals surface area (Å²) in [4.78, 5) is 29.3. The molecule has 0 radical (unpaired) electrons. The Morgan fingerprint density at radius 2 is 0.857 bits per heavy atom. The number of hydrogen-bond acceptors (Lipinski definition) is 5. The van der Waals surface area contributed by atoms with E-state index in [0.717, 1.165) is 0 Å². The van der Waals surface area contributed by atoms with Crippen molar-refractivity contribution in [1.82, 2.24) is 6.15 Å². The van der Waals surface area contributed by atoms with Gasteiger partial charge in [-0.05, 0) is 0 Å². The first-order chi connectivity index (χ1) is 2.00. The zero-order chi connectivity index (χ0) is 4.50. The maximum absolute atomic E-state index is 7.33. The minimum atomic E-state index is -4.61. The first kappa shape index (κ1) is 15.6. The summed E-state index contributed by atoms with van der Waals surface area (Å²) in [5.41, 5.74) is 0.